The van der Waals surface area contributed by atoms with E-state index in [-0.39, 0.29) is 23.3 Å². The quantitative estimate of drug-likeness (QED) is 0.338. The molecule has 5 rings (SSSR count). The minimum absolute atomic E-state index is 0.0143. The van der Waals surface area contributed by atoms with Crippen molar-refractivity contribution in [3.05, 3.63) is 58.5 Å². The van der Waals surface area contributed by atoms with Gasteiger partial charge >= 0.3 is 0 Å². The second-order valence-corrected chi connectivity index (χ2v) is 9.67. The van der Waals surface area contributed by atoms with Gasteiger partial charge in [0.2, 0.25) is 5.91 Å². The van der Waals surface area contributed by atoms with Crippen molar-refractivity contribution in [2.45, 2.75) is 37.6 Å². The lowest BCUT2D eigenvalue weighted by molar-refractivity contribution is -0.113. The Morgan fingerprint density at radius 1 is 1.31 bits per heavy atom. The lowest BCUT2D eigenvalue weighted by atomic mass is 10.2. The molecule has 0 aliphatic carbocycles. The molecule has 0 spiro atoms. The molecule has 4 aromatic rings. The number of hydrogen-bond donors (Lipinski definition) is 1. The Labute approximate surface area is 192 Å². The number of nitrogens with zero attached hydrogens (tertiary/aromatic N) is 3. The maximum atomic E-state index is 13.4. The third-order valence-corrected chi connectivity index (χ3v) is 7.55. The van der Waals surface area contributed by atoms with Crippen LogP contribution in [0.1, 0.15) is 18.4 Å². The molecule has 1 aliphatic heterocycles. The van der Waals surface area contributed by atoms with Crippen molar-refractivity contribution in [1.82, 2.24) is 14.5 Å². The highest BCUT2D eigenvalue weighted by atomic mass is 32.2. The fourth-order valence-corrected chi connectivity index (χ4v) is 5.67. The number of ether oxygens (including phenoxy) is 1. The SMILES string of the molecule is Cc1ccccc1NC(=O)CSc1nc2c(sc3ncccc32)c(=O)n1CC1CCCO1. The van der Waals surface area contributed by atoms with Crippen LogP contribution >= 0.6 is 23.1 Å². The first kappa shape index (κ1) is 21.1. The number of carbonyl (C=O) groups is 1. The van der Waals surface area contributed by atoms with Crippen LogP contribution in [-0.2, 0) is 16.1 Å². The molecule has 9 heteroatoms. The van der Waals surface area contributed by atoms with E-state index in [1.807, 2.05) is 43.3 Å². The molecule has 1 aliphatic rings. The minimum Gasteiger partial charge on any atom is -0.376 e. The molecule has 0 saturated carbocycles. The van der Waals surface area contributed by atoms with E-state index in [1.54, 1.807) is 10.8 Å². The van der Waals surface area contributed by atoms with Crippen molar-refractivity contribution in [3.63, 3.8) is 0 Å². The monoisotopic (exact) mass is 466 g/mol. The average molecular weight is 467 g/mol. The summed E-state index contributed by atoms with van der Waals surface area (Å²) in [5.74, 6) is 0.0112. The summed E-state index contributed by atoms with van der Waals surface area (Å²) in [7, 11) is 0. The van der Waals surface area contributed by atoms with E-state index in [9.17, 15) is 9.59 Å². The lowest BCUT2D eigenvalue weighted by Gasteiger charge is -2.15. The molecule has 0 radical (unpaired) electrons. The highest BCUT2D eigenvalue weighted by Gasteiger charge is 2.22. The van der Waals surface area contributed by atoms with Gasteiger partial charge < -0.3 is 10.1 Å². The first-order chi connectivity index (χ1) is 15.6. The van der Waals surface area contributed by atoms with Crippen molar-refractivity contribution in [2.75, 3.05) is 17.7 Å². The van der Waals surface area contributed by atoms with Crippen LogP contribution in [0.15, 0.2) is 52.5 Å². The van der Waals surface area contributed by atoms with E-state index in [1.165, 1.54) is 23.1 Å². The molecule has 1 aromatic carbocycles. The molecule has 1 unspecified atom stereocenters. The number of aromatic nitrogens is 3. The molecular weight excluding hydrogens is 444 g/mol. The number of aryl methyl sites for hydroxylation is 1. The first-order valence-electron chi connectivity index (χ1n) is 10.5. The molecule has 1 atom stereocenters. The Bertz CT molecular complexity index is 1360. The highest BCUT2D eigenvalue weighted by molar-refractivity contribution is 7.99. The van der Waals surface area contributed by atoms with Crippen LogP contribution in [0.25, 0.3) is 20.4 Å². The Kier molecular flexibility index (Phi) is 5.95. The Morgan fingerprint density at radius 3 is 3.00 bits per heavy atom. The third-order valence-electron chi connectivity index (χ3n) is 5.48. The number of benzene rings is 1. The second kappa shape index (κ2) is 9.01. The van der Waals surface area contributed by atoms with Crippen LogP contribution in [-0.4, -0.2) is 38.9 Å². The maximum Gasteiger partial charge on any atom is 0.272 e. The Balaban J connectivity index is 1.48. The van der Waals surface area contributed by atoms with Crippen LogP contribution in [0.3, 0.4) is 0 Å². The van der Waals surface area contributed by atoms with E-state index in [2.05, 4.69) is 10.3 Å². The normalized spacial score (nSPS) is 16.1. The number of amides is 1. The predicted octanol–water partition coefficient (Wildman–Crippen LogP) is 4.22. The largest absolute Gasteiger partial charge is 0.376 e. The van der Waals surface area contributed by atoms with Crippen LogP contribution in [0, 0.1) is 6.92 Å². The van der Waals surface area contributed by atoms with Crippen molar-refractivity contribution in [2.24, 2.45) is 0 Å². The van der Waals surface area contributed by atoms with Crippen molar-refractivity contribution < 1.29 is 9.53 Å². The van der Waals surface area contributed by atoms with E-state index < -0.39 is 0 Å². The summed E-state index contributed by atoms with van der Waals surface area (Å²) >= 11 is 2.63. The molecule has 1 saturated heterocycles. The number of rotatable bonds is 6. The van der Waals surface area contributed by atoms with Crippen LogP contribution in [0.4, 0.5) is 5.69 Å². The standard InChI is InChI=1S/C23H22N4O3S2/c1-14-6-2-3-9-17(14)25-18(28)13-31-23-26-19-16-8-4-10-24-21(16)32-20(19)22(29)27(23)12-15-7-5-11-30-15/h2-4,6,8-10,15H,5,7,11-13H2,1H3,(H,25,28). The van der Waals surface area contributed by atoms with Crippen molar-refractivity contribution >= 4 is 55.1 Å². The highest BCUT2D eigenvalue weighted by Crippen LogP contribution is 2.31. The van der Waals surface area contributed by atoms with Gasteiger partial charge in [0.1, 0.15) is 9.53 Å². The number of fused-ring (bicyclic) bond motifs is 3. The zero-order chi connectivity index (χ0) is 22.1. The number of thioether (sulfide) groups is 1. The summed E-state index contributed by atoms with van der Waals surface area (Å²) in [4.78, 5) is 36.0. The molecule has 3 aromatic heterocycles. The number of nitrogens with one attached hydrogen (secondary N) is 1. The molecule has 1 N–H and O–H groups in total. The molecule has 164 valence electrons. The molecular formula is C23H22N4O3S2. The van der Waals surface area contributed by atoms with Gasteiger partial charge in [-0.3, -0.25) is 14.2 Å². The van der Waals surface area contributed by atoms with Gasteiger partial charge in [-0.05, 0) is 43.5 Å². The maximum absolute atomic E-state index is 13.4. The Morgan fingerprint density at radius 2 is 2.19 bits per heavy atom. The summed E-state index contributed by atoms with van der Waals surface area (Å²) in [6.45, 7) is 3.10. The van der Waals surface area contributed by atoms with Crippen molar-refractivity contribution in [1.29, 1.82) is 0 Å². The van der Waals surface area contributed by atoms with E-state index >= 15 is 0 Å². The molecule has 1 amide bonds. The summed E-state index contributed by atoms with van der Waals surface area (Å²) in [5.41, 5.74) is 2.33. The molecule has 32 heavy (non-hydrogen) atoms. The Hall–Kier alpha value is -2.75. The third kappa shape index (κ3) is 4.15. The van der Waals surface area contributed by atoms with Gasteiger partial charge in [-0.1, -0.05) is 30.0 Å². The van der Waals surface area contributed by atoms with Gasteiger partial charge in [0.25, 0.3) is 5.56 Å². The van der Waals surface area contributed by atoms with E-state index in [4.69, 9.17) is 9.72 Å². The predicted molar refractivity (Wildman–Crippen MR) is 129 cm³/mol. The minimum atomic E-state index is -0.140. The van der Waals surface area contributed by atoms with Gasteiger partial charge in [0.15, 0.2) is 5.16 Å². The van der Waals surface area contributed by atoms with Crippen molar-refractivity contribution in [3.8, 4) is 0 Å². The number of hydrogen-bond acceptors (Lipinski definition) is 7. The van der Waals surface area contributed by atoms with E-state index in [0.717, 1.165) is 34.3 Å². The topological polar surface area (TPSA) is 86.1 Å². The molecule has 0 bridgehead atoms. The van der Waals surface area contributed by atoms with Gasteiger partial charge in [-0.25, -0.2) is 9.97 Å². The van der Waals surface area contributed by atoms with E-state index in [0.29, 0.717) is 28.5 Å². The summed E-state index contributed by atoms with van der Waals surface area (Å²) in [6, 6.07) is 11.4. The average Bonchev–Trinajstić information content (AvgIpc) is 3.44. The number of thiophene rings is 1. The zero-order valence-corrected chi connectivity index (χ0v) is 19.2. The first-order valence-corrected chi connectivity index (χ1v) is 12.3. The van der Waals surface area contributed by atoms with Gasteiger partial charge in [-0.15, -0.1) is 11.3 Å². The second-order valence-electron chi connectivity index (χ2n) is 7.73. The van der Waals surface area contributed by atoms with Crippen LogP contribution in [0.5, 0.6) is 0 Å². The fourth-order valence-electron chi connectivity index (χ4n) is 3.83. The number of anilines is 1. The fraction of sp³-hybridized carbons (Fsp3) is 0.304. The zero-order valence-electron chi connectivity index (χ0n) is 17.5. The molecule has 1 fully saturated rings. The number of pyridine rings is 1. The smallest absolute Gasteiger partial charge is 0.272 e. The summed E-state index contributed by atoms with van der Waals surface area (Å²) in [5, 5.41) is 4.33. The van der Waals surface area contributed by atoms with Crippen LogP contribution < -0.4 is 10.9 Å². The van der Waals surface area contributed by atoms with Gasteiger partial charge in [0.05, 0.1) is 23.9 Å². The number of para-hydroxylation sites is 1. The van der Waals surface area contributed by atoms with Gasteiger partial charge in [-0.2, -0.15) is 0 Å². The number of carbonyl (C=O) groups excluding carboxylic acids is 1. The van der Waals surface area contributed by atoms with Gasteiger partial charge in [0, 0.05) is 23.9 Å². The molecule has 7 nitrogen and oxygen atoms in total. The summed E-state index contributed by atoms with van der Waals surface area (Å²) in [6.07, 6.45) is 3.60. The lowest BCUT2D eigenvalue weighted by Crippen LogP contribution is -2.28. The van der Waals surface area contributed by atoms with Crippen LogP contribution in [0.2, 0.25) is 0 Å². The molecule has 4 heterocycles. The summed E-state index contributed by atoms with van der Waals surface area (Å²) < 4.78 is 8.03.